The Morgan fingerprint density at radius 3 is 2.45 bits per heavy atom. The molecule has 0 aromatic heterocycles. The minimum absolute atomic E-state index is 0.0937. The number of benzene rings is 1. The molecule has 2 amide bonds. The van der Waals surface area contributed by atoms with Gasteiger partial charge in [0.25, 0.3) is 11.6 Å². The second-order valence-corrected chi connectivity index (χ2v) is 4.62. The number of carbonyl (C=O) groups is 2. The molecule has 0 atom stereocenters. The van der Waals surface area contributed by atoms with E-state index in [9.17, 15) is 19.7 Å². The number of rotatable bonds is 7. The van der Waals surface area contributed by atoms with E-state index in [0.717, 1.165) is 6.42 Å². The van der Waals surface area contributed by atoms with Crippen molar-refractivity contribution in [1.82, 2.24) is 10.7 Å². The van der Waals surface area contributed by atoms with Crippen LogP contribution in [0.25, 0.3) is 0 Å². The fourth-order valence-corrected chi connectivity index (χ4v) is 1.54. The molecule has 0 radical (unpaired) electrons. The summed E-state index contributed by atoms with van der Waals surface area (Å²) in [4.78, 5) is 33.2. The molecule has 0 heterocycles. The fraction of sp³-hybridized carbons (Fsp3) is 0.357. The molecule has 2 N–H and O–H groups in total. The largest absolute Gasteiger partial charge is 0.356 e. The number of nitrogens with one attached hydrogen (secondary N) is 2. The van der Waals surface area contributed by atoms with Crippen molar-refractivity contribution in [3.63, 3.8) is 0 Å². The van der Waals surface area contributed by atoms with E-state index in [1.54, 1.807) is 6.92 Å². The average molecular weight is 306 g/mol. The van der Waals surface area contributed by atoms with E-state index in [1.807, 2.05) is 6.92 Å². The molecule has 8 nitrogen and oxygen atoms in total. The van der Waals surface area contributed by atoms with Crippen LogP contribution in [0.1, 0.15) is 37.0 Å². The van der Waals surface area contributed by atoms with Gasteiger partial charge >= 0.3 is 0 Å². The van der Waals surface area contributed by atoms with Crippen LogP contribution in [0.5, 0.6) is 0 Å². The quantitative estimate of drug-likeness (QED) is 0.452. The third-order valence-electron chi connectivity index (χ3n) is 2.68. The van der Waals surface area contributed by atoms with Gasteiger partial charge in [0.05, 0.1) is 11.3 Å². The smallest absolute Gasteiger partial charge is 0.271 e. The summed E-state index contributed by atoms with van der Waals surface area (Å²) < 4.78 is 0. The summed E-state index contributed by atoms with van der Waals surface area (Å²) in [6.45, 7) is 4.18. The predicted molar refractivity (Wildman–Crippen MR) is 81.6 cm³/mol. The van der Waals surface area contributed by atoms with Crippen LogP contribution in [0.2, 0.25) is 0 Å². The van der Waals surface area contributed by atoms with Crippen LogP contribution in [-0.2, 0) is 4.79 Å². The zero-order chi connectivity index (χ0) is 16.5. The Kier molecular flexibility index (Phi) is 6.68. The number of nitro groups is 1. The summed E-state index contributed by atoms with van der Waals surface area (Å²) in [5.74, 6) is -0.657. The van der Waals surface area contributed by atoms with Crippen LogP contribution >= 0.6 is 0 Å². The Morgan fingerprint density at radius 2 is 1.91 bits per heavy atom. The second kappa shape index (κ2) is 8.50. The van der Waals surface area contributed by atoms with Gasteiger partial charge in [0.15, 0.2) is 0 Å². The molecule has 8 heteroatoms. The maximum Gasteiger partial charge on any atom is 0.271 e. The third-order valence-corrected chi connectivity index (χ3v) is 2.68. The summed E-state index contributed by atoms with van der Waals surface area (Å²) in [5, 5.41) is 17.1. The monoisotopic (exact) mass is 306 g/mol. The van der Waals surface area contributed by atoms with Crippen LogP contribution in [0.3, 0.4) is 0 Å². The molecule has 0 unspecified atom stereocenters. The minimum atomic E-state index is -0.543. The van der Waals surface area contributed by atoms with Gasteiger partial charge in [-0.1, -0.05) is 6.92 Å². The lowest BCUT2D eigenvalue weighted by atomic mass is 10.2. The van der Waals surface area contributed by atoms with Crippen molar-refractivity contribution in [2.75, 3.05) is 6.54 Å². The van der Waals surface area contributed by atoms with E-state index in [1.165, 1.54) is 24.3 Å². The molecule has 0 bridgehead atoms. The first-order valence-electron chi connectivity index (χ1n) is 6.78. The van der Waals surface area contributed by atoms with Crippen molar-refractivity contribution < 1.29 is 14.5 Å². The third kappa shape index (κ3) is 5.70. The molecule has 1 aromatic rings. The molecular formula is C14H18N4O4. The second-order valence-electron chi connectivity index (χ2n) is 4.62. The van der Waals surface area contributed by atoms with Crippen molar-refractivity contribution in [3.05, 3.63) is 39.9 Å². The lowest BCUT2D eigenvalue weighted by Gasteiger charge is -2.04. The zero-order valence-corrected chi connectivity index (χ0v) is 12.5. The SMILES string of the molecule is CCCNC(=O)CC(C)=NNC(=O)c1ccc([N+](=O)[O-])cc1. The predicted octanol–water partition coefficient (Wildman–Crippen LogP) is 1.62. The molecule has 0 saturated heterocycles. The highest BCUT2D eigenvalue weighted by Crippen LogP contribution is 2.11. The van der Waals surface area contributed by atoms with Crippen molar-refractivity contribution >= 4 is 23.2 Å². The van der Waals surface area contributed by atoms with Crippen molar-refractivity contribution in [2.45, 2.75) is 26.7 Å². The normalized spacial score (nSPS) is 10.9. The molecule has 1 rings (SSSR count). The van der Waals surface area contributed by atoms with Crippen molar-refractivity contribution in [3.8, 4) is 0 Å². The Morgan fingerprint density at radius 1 is 1.27 bits per heavy atom. The molecule has 118 valence electrons. The Labute approximate surface area is 127 Å². The summed E-state index contributed by atoms with van der Waals surface area (Å²) in [6.07, 6.45) is 0.944. The average Bonchev–Trinajstić information content (AvgIpc) is 2.50. The Bertz CT molecular complexity index is 581. The van der Waals surface area contributed by atoms with Crippen molar-refractivity contribution in [2.24, 2.45) is 5.10 Å². The lowest BCUT2D eigenvalue weighted by Crippen LogP contribution is -2.27. The van der Waals surface area contributed by atoms with Crippen LogP contribution < -0.4 is 10.7 Å². The highest BCUT2D eigenvalue weighted by molar-refractivity contribution is 6.01. The van der Waals surface area contributed by atoms with Gasteiger partial charge in [-0.05, 0) is 25.5 Å². The maximum atomic E-state index is 11.8. The van der Waals surface area contributed by atoms with Crippen LogP contribution in [0, 0.1) is 10.1 Å². The molecule has 1 aromatic carbocycles. The molecule has 0 spiro atoms. The van der Waals surface area contributed by atoms with Gasteiger partial charge in [0.2, 0.25) is 5.91 Å². The molecule has 22 heavy (non-hydrogen) atoms. The lowest BCUT2D eigenvalue weighted by molar-refractivity contribution is -0.384. The maximum absolute atomic E-state index is 11.8. The van der Waals surface area contributed by atoms with E-state index >= 15 is 0 Å². The van der Waals surface area contributed by atoms with E-state index in [2.05, 4.69) is 15.8 Å². The molecular weight excluding hydrogens is 288 g/mol. The first kappa shape index (κ1) is 17.3. The van der Waals surface area contributed by atoms with Crippen LogP contribution in [0.15, 0.2) is 29.4 Å². The first-order chi connectivity index (χ1) is 10.4. The molecule has 0 fully saturated rings. The van der Waals surface area contributed by atoms with Gasteiger partial charge in [0.1, 0.15) is 0 Å². The fourth-order valence-electron chi connectivity index (χ4n) is 1.54. The van der Waals surface area contributed by atoms with Gasteiger partial charge in [-0.25, -0.2) is 5.43 Å². The standard InChI is InChI=1S/C14H18N4O4/c1-3-8-15-13(19)9-10(2)16-17-14(20)11-4-6-12(7-5-11)18(21)22/h4-7H,3,8-9H2,1-2H3,(H,15,19)(H,17,20). The first-order valence-corrected chi connectivity index (χ1v) is 6.78. The molecule has 0 aliphatic heterocycles. The summed E-state index contributed by atoms with van der Waals surface area (Å²) in [6, 6.07) is 5.16. The minimum Gasteiger partial charge on any atom is -0.356 e. The van der Waals surface area contributed by atoms with Gasteiger partial charge in [0, 0.05) is 30.0 Å². The Balaban J connectivity index is 2.55. The number of hydrogen-bond donors (Lipinski definition) is 2. The zero-order valence-electron chi connectivity index (χ0n) is 12.5. The van der Waals surface area contributed by atoms with Crippen LogP contribution in [0.4, 0.5) is 5.69 Å². The number of non-ortho nitro benzene ring substituents is 1. The number of nitro benzene ring substituents is 1. The summed E-state index contributed by atoms with van der Waals surface area (Å²) >= 11 is 0. The van der Waals surface area contributed by atoms with Gasteiger partial charge in [-0.3, -0.25) is 19.7 Å². The summed E-state index contributed by atoms with van der Waals surface area (Å²) in [5.41, 5.74) is 2.92. The topological polar surface area (TPSA) is 114 Å². The number of amides is 2. The van der Waals surface area contributed by atoms with Gasteiger partial charge in [-0.2, -0.15) is 5.10 Å². The van der Waals surface area contributed by atoms with E-state index in [4.69, 9.17) is 0 Å². The number of hydrazone groups is 1. The molecule has 0 aliphatic carbocycles. The molecule has 0 aliphatic rings. The molecule has 0 saturated carbocycles. The van der Waals surface area contributed by atoms with E-state index < -0.39 is 10.8 Å². The van der Waals surface area contributed by atoms with Crippen molar-refractivity contribution in [1.29, 1.82) is 0 Å². The van der Waals surface area contributed by atoms with Gasteiger partial charge in [-0.15, -0.1) is 0 Å². The van der Waals surface area contributed by atoms with E-state index in [0.29, 0.717) is 12.3 Å². The van der Waals surface area contributed by atoms with E-state index in [-0.39, 0.29) is 23.6 Å². The number of nitrogens with zero attached hydrogens (tertiary/aromatic N) is 2. The van der Waals surface area contributed by atoms with Gasteiger partial charge < -0.3 is 5.32 Å². The number of carbonyl (C=O) groups excluding carboxylic acids is 2. The number of hydrogen-bond acceptors (Lipinski definition) is 5. The Hall–Kier alpha value is -2.77. The van der Waals surface area contributed by atoms with Crippen LogP contribution in [-0.4, -0.2) is 29.0 Å². The highest BCUT2D eigenvalue weighted by Gasteiger charge is 2.09. The highest BCUT2D eigenvalue weighted by atomic mass is 16.6. The summed E-state index contributed by atoms with van der Waals surface area (Å²) in [7, 11) is 0.